The Balaban J connectivity index is 2.05. The minimum Gasteiger partial charge on any atom is -0.497 e. The van der Waals surface area contributed by atoms with Crippen LogP contribution in [0, 0.1) is 11.6 Å². The fraction of sp³-hybridized carbons (Fsp3) is 0.176. The molecule has 2 rings (SSSR count). The quantitative estimate of drug-likeness (QED) is 0.824. The fourth-order valence-electron chi connectivity index (χ4n) is 1.95. The van der Waals surface area contributed by atoms with Crippen molar-refractivity contribution in [3.8, 4) is 11.5 Å². The van der Waals surface area contributed by atoms with E-state index in [1.165, 1.54) is 32.2 Å². The van der Waals surface area contributed by atoms with Crippen LogP contribution in [-0.2, 0) is 4.79 Å². The first-order chi connectivity index (χ1) is 11.4. The van der Waals surface area contributed by atoms with Crippen LogP contribution in [0.5, 0.6) is 11.5 Å². The zero-order chi connectivity index (χ0) is 17.7. The largest absolute Gasteiger partial charge is 0.497 e. The monoisotopic (exact) mass is 335 g/mol. The van der Waals surface area contributed by atoms with Crippen molar-refractivity contribution in [2.45, 2.75) is 6.92 Å². The number of rotatable bonds is 6. The summed E-state index contributed by atoms with van der Waals surface area (Å²) in [6.45, 7) is 0.961. The van der Waals surface area contributed by atoms with Gasteiger partial charge in [0.1, 0.15) is 11.5 Å². The standard InChI is InChI=1S/C17H15F2NO4/c1-10(21)13-5-4-12(23-2)8-16(13)24-9-17(22)20-11-3-6-14(18)15(19)7-11/h3-8H,9H2,1-2H3,(H,20,22). The second-order valence-corrected chi connectivity index (χ2v) is 4.88. The first-order valence-electron chi connectivity index (χ1n) is 6.97. The highest BCUT2D eigenvalue weighted by Gasteiger charge is 2.12. The van der Waals surface area contributed by atoms with E-state index in [2.05, 4.69) is 5.32 Å². The van der Waals surface area contributed by atoms with Gasteiger partial charge in [-0.2, -0.15) is 0 Å². The molecule has 126 valence electrons. The molecule has 0 radical (unpaired) electrons. The van der Waals surface area contributed by atoms with Crippen molar-refractivity contribution in [3.05, 3.63) is 53.6 Å². The highest BCUT2D eigenvalue weighted by Crippen LogP contribution is 2.25. The molecule has 2 aromatic rings. The molecule has 1 N–H and O–H groups in total. The highest BCUT2D eigenvalue weighted by atomic mass is 19.2. The molecule has 0 atom stereocenters. The number of carbonyl (C=O) groups is 2. The number of hydrogen-bond acceptors (Lipinski definition) is 4. The summed E-state index contributed by atoms with van der Waals surface area (Å²) in [6.07, 6.45) is 0. The molecule has 1 amide bonds. The summed E-state index contributed by atoms with van der Waals surface area (Å²) in [6, 6.07) is 7.61. The van der Waals surface area contributed by atoms with Crippen LogP contribution in [0.4, 0.5) is 14.5 Å². The molecule has 0 spiro atoms. The maximum absolute atomic E-state index is 13.1. The number of nitrogens with one attached hydrogen (secondary N) is 1. The number of anilines is 1. The van der Waals surface area contributed by atoms with Gasteiger partial charge in [-0.3, -0.25) is 9.59 Å². The van der Waals surface area contributed by atoms with E-state index < -0.39 is 24.1 Å². The number of ketones is 1. The molecule has 0 aliphatic heterocycles. The molecule has 0 aliphatic rings. The third-order valence-corrected chi connectivity index (χ3v) is 3.13. The number of benzene rings is 2. The predicted octanol–water partition coefficient (Wildman–Crippen LogP) is 3.19. The van der Waals surface area contributed by atoms with Gasteiger partial charge in [0.2, 0.25) is 0 Å². The molecule has 0 heterocycles. The molecule has 0 fully saturated rings. The van der Waals surface area contributed by atoms with Crippen LogP contribution < -0.4 is 14.8 Å². The summed E-state index contributed by atoms with van der Waals surface area (Å²) in [4.78, 5) is 23.4. The normalized spacial score (nSPS) is 10.2. The summed E-state index contributed by atoms with van der Waals surface area (Å²) >= 11 is 0. The zero-order valence-electron chi connectivity index (χ0n) is 13.1. The van der Waals surface area contributed by atoms with Gasteiger partial charge in [0.15, 0.2) is 24.0 Å². The molecule has 2 aromatic carbocycles. The third-order valence-electron chi connectivity index (χ3n) is 3.13. The van der Waals surface area contributed by atoms with Gasteiger partial charge in [-0.05, 0) is 31.2 Å². The molecule has 0 aliphatic carbocycles. The van der Waals surface area contributed by atoms with Crippen LogP contribution in [-0.4, -0.2) is 25.4 Å². The van der Waals surface area contributed by atoms with Gasteiger partial charge in [0, 0.05) is 17.8 Å². The maximum atomic E-state index is 13.1. The van der Waals surface area contributed by atoms with Crippen LogP contribution in [0.15, 0.2) is 36.4 Å². The average Bonchev–Trinajstić information content (AvgIpc) is 2.56. The molecule has 0 aromatic heterocycles. The van der Waals surface area contributed by atoms with Crippen molar-refractivity contribution < 1.29 is 27.8 Å². The van der Waals surface area contributed by atoms with Gasteiger partial charge >= 0.3 is 0 Å². The lowest BCUT2D eigenvalue weighted by Crippen LogP contribution is -2.21. The van der Waals surface area contributed by atoms with Crippen molar-refractivity contribution in [2.24, 2.45) is 0 Å². The lowest BCUT2D eigenvalue weighted by atomic mass is 10.1. The number of methoxy groups -OCH3 is 1. The van der Waals surface area contributed by atoms with E-state index in [0.29, 0.717) is 11.3 Å². The van der Waals surface area contributed by atoms with Crippen molar-refractivity contribution in [1.29, 1.82) is 0 Å². The molecule has 7 heteroatoms. The molecule has 0 saturated heterocycles. The second kappa shape index (κ2) is 7.54. The molecule has 0 unspecified atom stereocenters. The van der Waals surface area contributed by atoms with Crippen LogP contribution >= 0.6 is 0 Å². The lowest BCUT2D eigenvalue weighted by Gasteiger charge is -2.11. The van der Waals surface area contributed by atoms with Crippen LogP contribution in [0.2, 0.25) is 0 Å². The van der Waals surface area contributed by atoms with Crippen molar-refractivity contribution in [3.63, 3.8) is 0 Å². The minimum atomic E-state index is -1.07. The van der Waals surface area contributed by atoms with E-state index in [1.807, 2.05) is 0 Å². The van der Waals surface area contributed by atoms with Crippen LogP contribution in [0.1, 0.15) is 17.3 Å². The summed E-state index contributed by atoms with van der Waals surface area (Å²) < 4.78 is 36.3. The lowest BCUT2D eigenvalue weighted by molar-refractivity contribution is -0.118. The Bertz CT molecular complexity index is 777. The van der Waals surface area contributed by atoms with Gasteiger partial charge in [-0.1, -0.05) is 0 Å². The number of ether oxygens (including phenoxy) is 2. The molecular weight excluding hydrogens is 320 g/mol. The Morgan fingerprint density at radius 2 is 1.83 bits per heavy atom. The summed E-state index contributed by atoms with van der Waals surface area (Å²) in [5, 5.41) is 2.37. The minimum absolute atomic E-state index is 0.0972. The van der Waals surface area contributed by atoms with Gasteiger partial charge in [-0.25, -0.2) is 8.78 Å². The predicted molar refractivity (Wildman–Crippen MR) is 83.5 cm³/mol. The van der Waals surface area contributed by atoms with E-state index in [9.17, 15) is 18.4 Å². The van der Waals surface area contributed by atoms with Gasteiger partial charge in [0.05, 0.1) is 12.7 Å². The molecular formula is C17H15F2NO4. The first-order valence-corrected chi connectivity index (χ1v) is 6.97. The Labute approximate surface area is 137 Å². The number of Topliss-reactive ketones (excluding diaryl/α,β-unsaturated/α-hetero) is 1. The summed E-state index contributed by atoms with van der Waals surface area (Å²) in [5.74, 6) is -2.22. The van der Waals surface area contributed by atoms with E-state index in [0.717, 1.165) is 12.1 Å². The van der Waals surface area contributed by atoms with Crippen LogP contribution in [0.25, 0.3) is 0 Å². The summed E-state index contributed by atoms with van der Waals surface area (Å²) in [7, 11) is 1.46. The third kappa shape index (κ3) is 4.28. The summed E-state index contributed by atoms with van der Waals surface area (Å²) in [5.41, 5.74) is 0.399. The smallest absolute Gasteiger partial charge is 0.262 e. The Morgan fingerprint density at radius 3 is 2.46 bits per heavy atom. The van der Waals surface area contributed by atoms with Crippen LogP contribution in [0.3, 0.4) is 0 Å². The van der Waals surface area contributed by atoms with Gasteiger partial charge in [0.25, 0.3) is 5.91 Å². The van der Waals surface area contributed by atoms with Crippen molar-refractivity contribution in [2.75, 3.05) is 19.0 Å². The zero-order valence-corrected chi connectivity index (χ0v) is 13.1. The molecule has 24 heavy (non-hydrogen) atoms. The molecule has 0 saturated carbocycles. The topological polar surface area (TPSA) is 64.6 Å². The van der Waals surface area contributed by atoms with E-state index in [-0.39, 0.29) is 17.2 Å². The van der Waals surface area contributed by atoms with Gasteiger partial charge < -0.3 is 14.8 Å². The van der Waals surface area contributed by atoms with Crippen molar-refractivity contribution >= 4 is 17.4 Å². The molecule has 0 bridgehead atoms. The Kier molecular flexibility index (Phi) is 5.47. The second-order valence-electron chi connectivity index (χ2n) is 4.88. The Hall–Kier alpha value is -2.96. The van der Waals surface area contributed by atoms with Crippen molar-refractivity contribution in [1.82, 2.24) is 0 Å². The molecule has 5 nitrogen and oxygen atoms in total. The number of hydrogen-bond donors (Lipinski definition) is 1. The number of amides is 1. The number of carbonyl (C=O) groups excluding carboxylic acids is 2. The highest BCUT2D eigenvalue weighted by molar-refractivity contribution is 5.97. The number of halogens is 2. The fourth-order valence-corrected chi connectivity index (χ4v) is 1.95. The maximum Gasteiger partial charge on any atom is 0.262 e. The Morgan fingerprint density at radius 1 is 1.08 bits per heavy atom. The average molecular weight is 335 g/mol. The van der Waals surface area contributed by atoms with Gasteiger partial charge in [-0.15, -0.1) is 0 Å². The SMILES string of the molecule is COc1ccc(C(C)=O)c(OCC(=O)Nc2ccc(F)c(F)c2)c1. The van der Waals surface area contributed by atoms with E-state index in [4.69, 9.17) is 9.47 Å². The van der Waals surface area contributed by atoms with E-state index >= 15 is 0 Å². The van der Waals surface area contributed by atoms with E-state index in [1.54, 1.807) is 6.07 Å². The first kappa shape index (κ1) is 17.4.